The number of nitrogens with zero attached hydrogens (tertiary/aromatic N) is 3. The topological polar surface area (TPSA) is 104 Å². The lowest BCUT2D eigenvalue weighted by Gasteiger charge is -2.08. The van der Waals surface area contributed by atoms with Crippen molar-refractivity contribution < 1.29 is 14.2 Å². The van der Waals surface area contributed by atoms with E-state index >= 15 is 0 Å². The summed E-state index contributed by atoms with van der Waals surface area (Å²) in [5.74, 6) is 6.00. The Labute approximate surface area is 115 Å². The van der Waals surface area contributed by atoms with E-state index in [1.807, 2.05) is 18.2 Å². The lowest BCUT2D eigenvalue weighted by molar-refractivity contribution is 0.184. The van der Waals surface area contributed by atoms with E-state index in [4.69, 9.17) is 20.1 Å². The van der Waals surface area contributed by atoms with Crippen LogP contribution in [0.5, 0.6) is 17.8 Å². The van der Waals surface area contributed by atoms with Crippen LogP contribution in [0.2, 0.25) is 0 Å². The number of aromatic nitrogens is 3. The van der Waals surface area contributed by atoms with Gasteiger partial charge in [-0.1, -0.05) is 12.1 Å². The number of hydrogen-bond donors (Lipinski definition) is 2. The van der Waals surface area contributed by atoms with Gasteiger partial charge in [0.2, 0.25) is 5.95 Å². The lowest BCUT2D eigenvalue weighted by atomic mass is 10.2. The highest BCUT2D eigenvalue weighted by molar-refractivity contribution is 5.32. The van der Waals surface area contributed by atoms with E-state index in [0.717, 1.165) is 5.56 Å². The van der Waals surface area contributed by atoms with Gasteiger partial charge in [0.25, 0.3) is 0 Å². The summed E-state index contributed by atoms with van der Waals surface area (Å²) in [5, 5.41) is 0. The molecule has 3 N–H and O–H groups in total. The summed E-state index contributed by atoms with van der Waals surface area (Å²) in [7, 11) is 3.07. The molecule has 20 heavy (non-hydrogen) atoms. The number of nitrogens with two attached hydrogens (primary N) is 1. The number of nitrogens with one attached hydrogen (secondary N) is 1. The average molecular weight is 277 g/mol. The minimum Gasteiger partial charge on any atom is -0.467 e. The third-order valence-electron chi connectivity index (χ3n) is 2.32. The Morgan fingerprint density at radius 3 is 2.65 bits per heavy atom. The van der Waals surface area contributed by atoms with Crippen molar-refractivity contribution in [3.05, 3.63) is 29.8 Å². The summed E-state index contributed by atoms with van der Waals surface area (Å²) in [5.41, 5.74) is 3.29. The van der Waals surface area contributed by atoms with Crippen LogP contribution in [0.1, 0.15) is 5.56 Å². The highest BCUT2D eigenvalue weighted by atomic mass is 16.5. The van der Waals surface area contributed by atoms with E-state index in [2.05, 4.69) is 20.4 Å². The molecule has 0 unspecified atom stereocenters. The zero-order chi connectivity index (χ0) is 14.4. The summed E-state index contributed by atoms with van der Waals surface area (Å²) >= 11 is 0. The molecule has 2 rings (SSSR count). The van der Waals surface area contributed by atoms with Crippen LogP contribution in [0.25, 0.3) is 0 Å². The molecule has 1 aromatic heterocycles. The van der Waals surface area contributed by atoms with Crippen molar-refractivity contribution in [1.29, 1.82) is 0 Å². The molecule has 0 fully saturated rings. The molecule has 1 heterocycles. The van der Waals surface area contributed by atoms with Crippen molar-refractivity contribution in [3.8, 4) is 17.8 Å². The fraction of sp³-hybridized carbons (Fsp3) is 0.250. The van der Waals surface area contributed by atoms with Gasteiger partial charge in [0.1, 0.15) is 5.75 Å². The van der Waals surface area contributed by atoms with Gasteiger partial charge in [-0.05, 0) is 17.7 Å². The van der Waals surface area contributed by atoms with E-state index in [1.54, 1.807) is 13.2 Å². The number of benzene rings is 1. The minimum atomic E-state index is 0.0827. The van der Waals surface area contributed by atoms with Crippen LogP contribution in [0.3, 0.4) is 0 Å². The molecule has 8 nitrogen and oxygen atoms in total. The zero-order valence-corrected chi connectivity index (χ0v) is 11.2. The Bertz CT molecular complexity index is 557. The fourth-order valence-corrected chi connectivity index (χ4v) is 1.51. The maximum atomic E-state index is 5.56. The second-order valence-corrected chi connectivity index (χ2v) is 3.76. The van der Waals surface area contributed by atoms with Crippen LogP contribution < -0.4 is 20.7 Å². The minimum absolute atomic E-state index is 0.0827. The number of ether oxygens (including phenoxy) is 3. The molecule has 0 bridgehead atoms. The van der Waals surface area contributed by atoms with Gasteiger partial charge in [0.15, 0.2) is 0 Å². The summed E-state index contributed by atoms with van der Waals surface area (Å²) < 4.78 is 15.6. The van der Waals surface area contributed by atoms with Gasteiger partial charge in [-0.3, -0.25) is 5.43 Å². The molecule has 1 aromatic carbocycles. The second kappa shape index (κ2) is 6.64. The number of hydrazine groups is 1. The molecule has 0 spiro atoms. The Morgan fingerprint density at radius 2 is 1.95 bits per heavy atom. The van der Waals surface area contributed by atoms with Crippen molar-refractivity contribution in [1.82, 2.24) is 15.0 Å². The van der Waals surface area contributed by atoms with Crippen LogP contribution in [0, 0.1) is 0 Å². The molecule has 0 amide bonds. The summed E-state index contributed by atoms with van der Waals surface area (Å²) in [6.07, 6.45) is 0. The van der Waals surface area contributed by atoms with Crippen molar-refractivity contribution in [2.75, 3.05) is 19.6 Å². The lowest BCUT2D eigenvalue weighted by Crippen LogP contribution is -2.12. The normalized spacial score (nSPS) is 10.2. The van der Waals surface area contributed by atoms with Crippen LogP contribution in [0.4, 0.5) is 5.95 Å². The fourth-order valence-electron chi connectivity index (χ4n) is 1.51. The predicted octanol–water partition coefficient (Wildman–Crippen LogP) is 1.10. The first-order chi connectivity index (χ1) is 9.75. The van der Waals surface area contributed by atoms with Gasteiger partial charge in [-0.25, -0.2) is 5.84 Å². The van der Waals surface area contributed by atoms with Crippen molar-refractivity contribution in [2.24, 2.45) is 5.84 Å². The summed E-state index contributed by atoms with van der Waals surface area (Å²) in [4.78, 5) is 11.8. The maximum absolute atomic E-state index is 5.56. The Kier molecular flexibility index (Phi) is 4.64. The molecule has 0 atom stereocenters. The van der Waals surface area contributed by atoms with E-state index in [0.29, 0.717) is 12.4 Å². The van der Waals surface area contributed by atoms with E-state index in [9.17, 15) is 0 Å². The third kappa shape index (κ3) is 3.53. The maximum Gasteiger partial charge on any atom is 0.330 e. The molecule has 8 heteroatoms. The molecule has 2 aromatic rings. The number of anilines is 1. The first-order valence-corrected chi connectivity index (χ1v) is 5.77. The molecule has 0 saturated carbocycles. The smallest absolute Gasteiger partial charge is 0.330 e. The van der Waals surface area contributed by atoms with Gasteiger partial charge in [-0.2, -0.15) is 9.97 Å². The number of methoxy groups -OCH3 is 2. The number of nitrogen functional groups attached to an aromatic ring is 1. The molecule has 0 radical (unpaired) electrons. The highest BCUT2D eigenvalue weighted by Crippen LogP contribution is 2.21. The molecular weight excluding hydrogens is 262 g/mol. The monoisotopic (exact) mass is 277 g/mol. The third-order valence-corrected chi connectivity index (χ3v) is 2.32. The predicted molar refractivity (Wildman–Crippen MR) is 71.4 cm³/mol. The van der Waals surface area contributed by atoms with Crippen molar-refractivity contribution >= 4 is 5.95 Å². The molecular formula is C12H15N5O3. The largest absolute Gasteiger partial charge is 0.467 e. The second-order valence-electron chi connectivity index (χ2n) is 3.76. The van der Waals surface area contributed by atoms with Gasteiger partial charge in [0.05, 0.1) is 13.7 Å². The summed E-state index contributed by atoms with van der Waals surface area (Å²) in [6, 6.07) is 7.58. The first kappa shape index (κ1) is 14.0. The standard InChI is InChI=1S/C12H15N5O3/c1-18-7-8-4-3-5-9(6-8)20-12-15-10(17-13)14-11(16-12)19-2/h3-6H,7,13H2,1-2H3,(H,14,15,16,17). The Balaban J connectivity index is 2.22. The quantitative estimate of drug-likeness (QED) is 0.597. The van der Waals surface area contributed by atoms with E-state index in [1.165, 1.54) is 7.11 Å². The van der Waals surface area contributed by atoms with Crippen LogP contribution in [-0.2, 0) is 11.3 Å². The van der Waals surface area contributed by atoms with E-state index < -0.39 is 0 Å². The van der Waals surface area contributed by atoms with Gasteiger partial charge in [0, 0.05) is 7.11 Å². The molecule has 0 saturated heterocycles. The molecule has 0 aliphatic carbocycles. The van der Waals surface area contributed by atoms with Crippen LogP contribution in [0.15, 0.2) is 24.3 Å². The van der Waals surface area contributed by atoms with E-state index in [-0.39, 0.29) is 18.0 Å². The first-order valence-electron chi connectivity index (χ1n) is 5.77. The molecule has 106 valence electrons. The van der Waals surface area contributed by atoms with Crippen molar-refractivity contribution in [3.63, 3.8) is 0 Å². The van der Waals surface area contributed by atoms with Crippen molar-refractivity contribution in [2.45, 2.75) is 6.61 Å². The zero-order valence-electron chi connectivity index (χ0n) is 11.2. The Hall–Kier alpha value is -2.45. The SMILES string of the molecule is COCc1cccc(Oc2nc(NN)nc(OC)n2)c1. The summed E-state index contributed by atoms with van der Waals surface area (Å²) in [6.45, 7) is 0.493. The number of rotatable bonds is 6. The number of hydrogen-bond acceptors (Lipinski definition) is 8. The average Bonchev–Trinajstić information content (AvgIpc) is 2.47. The molecule has 0 aliphatic heterocycles. The Morgan fingerprint density at radius 1 is 1.15 bits per heavy atom. The van der Waals surface area contributed by atoms with Gasteiger partial charge >= 0.3 is 12.0 Å². The molecule has 0 aliphatic rings. The highest BCUT2D eigenvalue weighted by Gasteiger charge is 2.08. The van der Waals surface area contributed by atoms with Crippen LogP contribution >= 0.6 is 0 Å². The van der Waals surface area contributed by atoms with Crippen LogP contribution in [-0.4, -0.2) is 29.2 Å². The van der Waals surface area contributed by atoms with Gasteiger partial charge in [-0.15, -0.1) is 4.98 Å². The van der Waals surface area contributed by atoms with Gasteiger partial charge < -0.3 is 14.2 Å².